The van der Waals surface area contributed by atoms with Gasteiger partial charge in [0.1, 0.15) is 0 Å². The number of carboxylic acids is 1. The van der Waals surface area contributed by atoms with E-state index in [-0.39, 0.29) is 18.2 Å². The van der Waals surface area contributed by atoms with E-state index in [2.05, 4.69) is 0 Å². The normalized spacial score (nSPS) is 40.5. The van der Waals surface area contributed by atoms with Crippen LogP contribution in [0.5, 0.6) is 0 Å². The third-order valence-electron chi connectivity index (χ3n) is 3.61. The minimum atomic E-state index is -1.54. The fourth-order valence-corrected chi connectivity index (χ4v) is 5.17. The van der Waals surface area contributed by atoms with Crippen molar-refractivity contribution in [3.63, 3.8) is 0 Å². The van der Waals surface area contributed by atoms with Gasteiger partial charge in [0.15, 0.2) is 4.75 Å². The summed E-state index contributed by atoms with van der Waals surface area (Å²) in [4.78, 5) is 24.1. The van der Waals surface area contributed by atoms with Gasteiger partial charge < -0.3 is 9.66 Å². The molecule has 90 valence electrons. The first-order valence-corrected chi connectivity index (χ1v) is 6.57. The molecule has 2 saturated heterocycles. The van der Waals surface area contributed by atoms with Crippen LogP contribution in [-0.2, 0) is 20.8 Å². The van der Waals surface area contributed by atoms with E-state index in [4.69, 9.17) is 11.6 Å². The maximum Gasteiger partial charge on any atom is 0.336 e. The molecule has 5 nitrogen and oxygen atoms in total. The summed E-state index contributed by atoms with van der Waals surface area (Å²) in [7, 11) is 0. The molecular weight excluding hydrogens is 254 g/mol. The van der Waals surface area contributed by atoms with Gasteiger partial charge in [0.25, 0.3) is 0 Å². The monoisotopic (exact) mass is 265 g/mol. The lowest BCUT2D eigenvalue weighted by molar-refractivity contribution is -0.166. The first-order chi connectivity index (χ1) is 7.30. The molecular formula is C9H12ClNO4S. The Hall–Kier alpha value is -0.460. The van der Waals surface area contributed by atoms with Gasteiger partial charge in [-0.25, -0.2) is 4.79 Å². The molecule has 2 aliphatic heterocycles. The number of alkyl halides is 1. The standard InChI is InChI=1S/C9H12ClNO4S/c1-8(2)9(4-10,7(13)14)11-5(12)3-6(11)16(8)15/h6H,3-4H2,1-2H3,(H,13,14)/t6-,9+,16?/m1/s1. The Morgan fingerprint density at radius 3 is 2.62 bits per heavy atom. The second kappa shape index (κ2) is 3.27. The molecule has 7 heteroatoms. The Labute approximate surface area is 101 Å². The Bertz CT molecular complexity index is 375. The van der Waals surface area contributed by atoms with Gasteiger partial charge in [-0.1, -0.05) is 0 Å². The second-order valence-electron chi connectivity index (χ2n) is 4.53. The minimum Gasteiger partial charge on any atom is -0.614 e. The van der Waals surface area contributed by atoms with Crippen LogP contribution < -0.4 is 0 Å². The maximum absolute atomic E-state index is 12.1. The summed E-state index contributed by atoms with van der Waals surface area (Å²) in [5.74, 6) is -1.72. The van der Waals surface area contributed by atoms with E-state index in [1.165, 1.54) is 4.90 Å². The van der Waals surface area contributed by atoms with Crippen LogP contribution in [0.1, 0.15) is 20.3 Å². The number of hydrogen-bond donors (Lipinski definition) is 1. The number of nitrogens with zero attached hydrogens (tertiary/aromatic N) is 1. The number of rotatable bonds is 2. The molecule has 3 atom stereocenters. The van der Waals surface area contributed by atoms with Crippen molar-refractivity contribution in [1.82, 2.24) is 4.90 Å². The largest absolute Gasteiger partial charge is 0.614 e. The number of carbonyl (C=O) groups excluding carboxylic acids is 1. The lowest BCUT2D eigenvalue weighted by Crippen LogP contribution is -2.68. The van der Waals surface area contributed by atoms with E-state index < -0.39 is 32.8 Å². The van der Waals surface area contributed by atoms with Gasteiger partial charge >= 0.3 is 5.97 Å². The van der Waals surface area contributed by atoms with Gasteiger partial charge in [0.2, 0.25) is 16.8 Å². The lowest BCUT2D eigenvalue weighted by Gasteiger charge is -2.41. The Balaban J connectivity index is 2.56. The maximum atomic E-state index is 12.1. The molecule has 0 aromatic carbocycles. The molecule has 2 rings (SSSR count). The van der Waals surface area contributed by atoms with Gasteiger partial charge in [0.05, 0.1) is 12.3 Å². The van der Waals surface area contributed by atoms with Crippen molar-refractivity contribution >= 4 is 34.7 Å². The van der Waals surface area contributed by atoms with Crippen LogP contribution in [0.3, 0.4) is 0 Å². The summed E-state index contributed by atoms with van der Waals surface area (Å²) in [5, 5.41) is 8.86. The third-order valence-corrected chi connectivity index (χ3v) is 6.21. The van der Waals surface area contributed by atoms with Crippen LogP contribution in [0.25, 0.3) is 0 Å². The molecule has 1 amide bonds. The number of β-lactam (4-membered cyclic amide) rings is 1. The van der Waals surface area contributed by atoms with Gasteiger partial charge in [-0.05, 0) is 25.0 Å². The molecule has 1 N–H and O–H groups in total. The van der Waals surface area contributed by atoms with E-state index in [0.29, 0.717) is 0 Å². The van der Waals surface area contributed by atoms with Crippen LogP contribution in [0.2, 0.25) is 0 Å². The van der Waals surface area contributed by atoms with Crippen molar-refractivity contribution in [3.05, 3.63) is 0 Å². The van der Waals surface area contributed by atoms with Gasteiger partial charge in [-0.2, -0.15) is 0 Å². The average Bonchev–Trinajstić information content (AvgIpc) is 2.32. The third kappa shape index (κ3) is 1.03. The highest BCUT2D eigenvalue weighted by molar-refractivity contribution is 7.93. The summed E-state index contributed by atoms with van der Waals surface area (Å²) in [5.41, 5.74) is -1.54. The Morgan fingerprint density at radius 1 is 1.75 bits per heavy atom. The van der Waals surface area contributed by atoms with Crippen LogP contribution in [0.15, 0.2) is 0 Å². The SMILES string of the molecule is CC1(C)[S+]([O-])[C@@H]2CC(=O)N2[C@@]1(CCl)C(=O)O. The highest BCUT2D eigenvalue weighted by Crippen LogP contribution is 2.52. The lowest BCUT2D eigenvalue weighted by atomic mass is 9.83. The summed E-state index contributed by atoms with van der Waals surface area (Å²) < 4.78 is 11.1. The zero-order chi connectivity index (χ0) is 12.3. The number of carbonyl (C=O) groups is 2. The predicted molar refractivity (Wildman–Crippen MR) is 58.6 cm³/mol. The summed E-state index contributed by atoms with van der Waals surface area (Å²) in [6, 6.07) is 0. The topological polar surface area (TPSA) is 80.7 Å². The molecule has 0 saturated carbocycles. The molecule has 0 spiro atoms. The molecule has 0 radical (unpaired) electrons. The zero-order valence-corrected chi connectivity index (χ0v) is 10.5. The number of amides is 1. The zero-order valence-electron chi connectivity index (χ0n) is 8.90. The molecule has 0 aromatic rings. The van der Waals surface area contributed by atoms with E-state index in [0.717, 1.165) is 0 Å². The first kappa shape index (κ1) is 12.0. The Kier molecular flexibility index (Phi) is 2.46. The predicted octanol–water partition coefficient (Wildman–Crippen LogP) is 0.148. The quantitative estimate of drug-likeness (QED) is 0.438. The number of hydrogen-bond acceptors (Lipinski definition) is 3. The highest BCUT2D eigenvalue weighted by Gasteiger charge is 2.76. The molecule has 2 heterocycles. The summed E-state index contributed by atoms with van der Waals surface area (Å²) in [6.45, 7) is 3.18. The summed E-state index contributed by atoms with van der Waals surface area (Å²) >= 11 is 4.37. The smallest absolute Gasteiger partial charge is 0.336 e. The van der Waals surface area contributed by atoms with Gasteiger partial charge in [0, 0.05) is 0 Å². The van der Waals surface area contributed by atoms with Crippen LogP contribution in [0.4, 0.5) is 0 Å². The van der Waals surface area contributed by atoms with E-state index >= 15 is 0 Å². The van der Waals surface area contributed by atoms with E-state index in [1.54, 1.807) is 13.8 Å². The van der Waals surface area contributed by atoms with Crippen molar-refractivity contribution < 1.29 is 19.2 Å². The molecule has 0 bridgehead atoms. The Morgan fingerprint density at radius 2 is 2.31 bits per heavy atom. The van der Waals surface area contributed by atoms with Gasteiger partial charge in [-0.15, -0.1) is 11.6 Å². The van der Waals surface area contributed by atoms with E-state index in [1.807, 2.05) is 0 Å². The molecule has 2 aliphatic rings. The first-order valence-electron chi connectivity index (χ1n) is 4.83. The van der Waals surface area contributed by atoms with Crippen molar-refractivity contribution in [2.75, 3.05) is 5.88 Å². The molecule has 2 fully saturated rings. The number of aliphatic carboxylic acids is 1. The molecule has 0 aromatic heterocycles. The highest BCUT2D eigenvalue weighted by atomic mass is 35.5. The molecule has 16 heavy (non-hydrogen) atoms. The fourth-order valence-electron chi connectivity index (χ4n) is 2.46. The van der Waals surface area contributed by atoms with E-state index in [9.17, 15) is 19.2 Å². The second-order valence-corrected chi connectivity index (χ2v) is 6.96. The van der Waals surface area contributed by atoms with Crippen molar-refractivity contribution in [2.45, 2.75) is 35.9 Å². The molecule has 1 unspecified atom stereocenters. The number of carboxylic acid groups (broad SMARTS) is 1. The number of halogens is 1. The minimum absolute atomic E-state index is 0.155. The summed E-state index contributed by atoms with van der Waals surface area (Å²) in [6.07, 6.45) is 0.155. The average molecular weight is 266 g/mol. The van der Waals surface area contributed by atoms with Gasteiger partial charge in [-0.3, -0.25) is 9.69 Å². The van der Waals surface area contributed by atoms with Crippen LogP contribution in [-0.4, -0.2) is 48.0 Å². The van der Waals surface area contributed by atoms with Crippen LogP contribution >= 0.6 is 11.6 Å². The molecule has 0 aliphatic carbocycles. The van der Waals surface area contributed by atoms with Crippen molar-refractivity contribution in [1.29, 1.82) is 0 Å². The fraction of sp³-hybridized carbons (Fsp3) is 0.778. The van der Waals surface area contributed by atoms with Crippen LogP contribution in [0, 0.1) is 0 Å². The van der Waals surface area contributed by atoms with Crippen molar-refractivity contribution in [2.24, 2.45) is 0 Å². The van der Waals surface area contributed by atoms with Crippen molar-refractivity contribution in [3.8, 4) is 0 Å². The number of fused-ring (bicyclic) bond motifs is 1.